The molecule has 0 heterocycles. The highest BCUT2D eigenvalue weighted by Gasteiger charge is 2.46. The molecular formula is C51H54O6. The summed E-state index contributed by atoms with van der Waals surface area (Å²) in [6.45, 7) is 7.51. The van der Waals surface area contributed by atoms with Crippen molar-refractivity contribution in [2.75, 3.05) is 26.4 Å². The van der Waals surface area contributed by atoms with Crippen molar-refractivity contribution in [3.05, 3.63) is 193 Å². The molecule has 0 spiro atoms. The summed E-state index contributed by atoms with van der Waals surface area (Å²) in [5, 5.41) is 0. The van der Waals surface area contributed by atoms with Crippen molar-refractivity contribution < 1.29 is 28.5 Å². The first kappa shape index (κ1) is 44.7. The van der Waals surface area contributed by atoms with E-state index in [1.54, 1.807) is 0 Å². The Hall–Kier alpha value is -6.66. The summed E-state index contributed by atoms with van der Waals surface area (Å²) in [6.07, 6.45) is 2.29. The monoisotopic (exact) mass is 762 g/mol. The molecule has 0 saturated carbocycles. The molecule has 294 valence electrons. The van der Waals surface area contributed by atoms with Gasteiger partial charge >= 0.3 is 11.9 Å². The molecule has 1 aliphatic rings. The van der Waals surface area contributed by atoms with Crippen LogP contribution in [0.15, 0.2) is 171 Å². The molecule has 0 N–H and O–H groups in total. The van der Waals surface area contributed by atoms with Crippen LogP contribution in [-0.2, 0) is 24.5 Å². The van der Waals surface area contributed by atoms with Crippen LogP contribution < -0.4 is 9.47 Å². The summed E-state index contributed by atoms with van der Waals surface area (Å²) in [4.78, 5) is 23.4. The van der Waals surface area contributed by atoms with E-state index in [2.05, 4.69) is 110 Å². The standard InChI is InChI=1S/C47H38O6.4CH4/c1-3-45(48)52-29-27-50-43-25-23-35(31-39(43)33-15-7-5-8-16-33)47(41-21-13-11-19-37(41)38-20-12-14-22-42(38)47)36-24-26-44(51-28-30-53-46(49)4-2)40(32-36)34-17-9-6-10-18-34;;;;/h3-26,31-32H,1-2,27-30H2;4*1H4. The quantitative estimate of drug-likeness (QED) is 0.0624. The normalized spacial score (nSPS) is 11.3. The number of benzene rings is 6. The van der Waals surface area contributed by atoms with Crippen molar-refractivity contribution in [1.29, 1.82) is 0 Å². The Morgan fingerprint density at radius 1 is 0.456 bits per heavy atom. The topological polar surface area (TPSA) is 71.1 Å². The van der Waals surface area contributed by atoms with Crippen molar-refractivity contribution in [3.8, 4) is 44.9 Å². The molecule has 0 amide bonds. The van der Waals surface area contributed by atoms with Crippen molar-refractivity contribution in [1.82, 2.24) is 0 Å². The van der Waals surface area contributed by atoms with Crippen LogP contribution in [0.25, 0.3) is 33.4 Å². The second kappa shape index (κ2) is 20.3. The second-order valence-electron chi connectivity index (χ2n) is 12.4. The Labute approximate surface area is 339 Å². The number of esters is 2. The van der Waals surface area contributed by atoms with Gasteiger partial charge in [-0.25, -0.2) is 9.59 Å². The van der Waals surface area contributed by atoms with Gasteiger partial charge in [0, 0.05) is 23.3 Å². The molecule has 6 aromatic carbocycles. The maximum absolute atomic E-state index is 11.7. The molecule has 0 fully saturated rings. The van der Waals surface area contributed by atoms with Crippen LogP contribution in [0.3, 0.4) is 0 Å². The average Bonchev–Trinajstić information content (AvgIpc) is 3.52. The number of rotatable bonds is 14. The van der Waals surface area contributed by atoms with Gasteiger partial charge in [0.1, 0.15) is 37.9 Å². The fourth-order valence-electron chi connectivity index (χ4n) is 7.19. The third-order valence-electron chi connectivity index (χ3n) is 9.45. The van der Waals surface area contributed by atoms with Crippen LogP contribution in [0.2, 0.25) is 0 Å². The van der Waals surface area contributed by atoms with Gasteiger partial charge in [-0.2, -0.15) is 0 Å². The fraction of sp³-hybridized carbons (Fsp3) is 0.176. The number of hydrogen-bond acceptors (Lipinski definition) is 6. The van der Waals surface area contributed by atoms with Crippen LogP contribution >= 0.6 is 0 Å². The zero-order valence-electron chi connectivity index (χ0n) is 29.2. The summed E-state index contributed by atoms with van der Waals surface area (Å²) < 4.78 is 23.0. The molecule has 0 unspecified atom stereocenters. The van der Waals surface area contributed by atoms with Crippen LogP contribution in [-0.4, -0.2) is 38.4 Å². The van der Waals surface area contributed by atoms with Gasteiger partial charge in [0.25, 0.3) is 0 Å². The van der Waals surface area contributed by atoms with E-state index in [9.17, 15) is 9.59 Å². The highest BCUT2D eigenvalue weighted by molar-refractivity contribution is 5.88. The van der Waals surface area contributed by atoms with Crippen molar-refractivity contribution in [2.45, 2.75) is 35.1 Å². The fourth-order valence-corrected chi connectivity index (χ4v) is 7.19. The minimum absolute atomic E-state index is 0. The van der Waals surface area contributed by atoms with E-state index in [1.807, 2.05) is 48.5 Å². The van der Waals surface area contributed by atoms with Crippen LogP contribution in [0, 0.1) is 0 Å². The van der Waals surface area contributed by atoms with Gasteiger partial charge in [0.15, 0.2) is 0 Å². The van der Waals surface area contributed by atoms with Crippen molar-refractivity contribution in [2.24, 2.45) is 0 Å². The smallest absolute Gasteiger partial charge is 0.330 e. The van der Waals surface area contributed by atoms with Crippen LogP contribution in [0.5, 0.6) is 11.5 Å². The average molecular weight is 763 g/mol. The molecule has 0 aliphatic heterocycles. The van der Waals surface area contributed by atoms with E-state index in [-0.39, 0.29) is 56.1 Å². The molecule has 0 saturated heterocycles. The SMILES string of the molecule is C.C.C.C.C=CC(=O)OCCOc1ccc(C2(c3ccc(OCCOC(=O)C=C)c(-c4ccccc4)c3)c3ccccc3-c3ccccc32)cc1-c1ccccc1. The Balaban J connectivity index is 0.00000218. The number of fused-ring (bicyclic) bond motifs is 3. The third-order valence-corrected chi connectivity index (χ3v) is 9.45. The van der Waals surface area contributed by atoms with E-state index in [1.165, 1.54) is 11.1 Å². The lowest BCUT2D eigenvalue weighted by molar-refractivity contribution is -0.139. The molecule has 0 aromatic heterocycles. The molecule has 0 atom stereocenters. The Bertz CT molecular complexity index is 2110. The molecule has 6 heteroatoms. The zero-order valence-corrected chi connectivity index (χ0v) is 29.2. The predicted molar refractivity (Wildman–Crippen MR) is 235 cm³/mol. The van der Waals surface area contributed by atoms with E-state index in [0.29, 0.717) is 11.5 Å². The lowest BCUT2D eigenvalue weighted by atomic mass is 9.67. The van der Waals surface area contributed by atoms with Gasteiger partial charge in [-0.15, -0.1) is 0 Å². The number of carbonyl (C=O) groups excluding carboxylic acids is 2. The molecule has 0 bridgehead atoms. The highest BCUT2D eigenvalue weighted by atomic mass is 16.6. The second-order valence-corrected chi connectivity index (χ2v) is 12.4. The van der Waals surface area contributed by atoms with E-state index >= 15 is 0 Å². The lowest BCUT2D eigenvalue weighted by Gasteiger charge is -2.35. The minimum Gasteiger partial charge on any atom is -0.489 e. The van der Waals surface area contributed by atoms with Gasteiger partial charge in [-0.3, -0.25) is 0 Å². The summed E-state index contributed by atoms with van der Waals surface area (Å²) >= 11 is 0. The molecule has 6 nitrogen and oxygen atoms in total. The number of carbonyl (C=O) groups is 2. The Morgan fingerprint density at radius 2 is 0.825 bits per heavy atom. The summed E-state index contributed by atoms with van der Waals surface area (Å²) in [5.74, 6) is 0.371. The predicted octanol–water partition coefficient (Wildman–Crippen LogP) is 12.1. The van der Waals surface area contributed by atoms with Crippen molar-refractivity contribution in [3.63, 3.8) is 0 Å². The van der Waals surface area contributed by atoms with Crippen LogP contribution in [0.1, 0.15) is 52.0 Å². The molecule has 1 aliphatic carbocycles. The lowest BCUT2D eigenvalue weighted by Crippen LogP contribution is -2.29. The number of hydrogen-bond donors (Lipinski definition) is 0. The first-order valence-electron chi connectivity index (χ1n) is 17.5. The zero-order chi connectivity index (χ0) is 36.6. The van der Waals surface area contributed by atoms with E-state index in [4.69, 9.17) is 18.9 Å². The molecule has 7 rings (SSSR count). The molecule has 0 radical (unpaired) electrons. The molecule has 6 aromatic rings. The molecular weight excluding hydrogens is 709 g/mol. The first-order chi connectivity index (χ1) is 26.0. The van der Waals surface area contributed by atoms with Crippen molar-refractivity contribution >= 4 is 11.9 Å². The maximum atomic E-state index is 11.7. The third kappa shape index (κ3) is 8.92. The van der Waals surface area contributed by atoms with Gasteiger partial charge in [-0.05, 0) is 68.8 Å². The summed E-state index contributed by atoms with van der Waals surface area (Å²) in [6, 6.07) is 50.2. The maximum Gasteiger partial charge on any atom is 0.330 e. The van der Waals surface area contributed by atoms with Gasteiger partial charge in [-0.1, -0.05) is 164 Å². The largest absolute Gasteiger partial charge is 0.489 e. The summed E-state index contributed by atoms with van der Waals surface area (Å²) in [5.41, 5.74) is 9.86. The number of ether oxygens (including phenoxy) is 4. The van der Waals surface area contributed by atoms with E-state index in [0.717, 1.165) is 56.7 Å². The molecule has 57 heavy (non-hydrogen) atoms. The van der Waals surface area contributed by atoms with E-state index < -0.39 is 17.4 Å². The Kier molecular flexibility index (Phi) is 15.9. The van der Waals surface area contributed by atoms with Gasteiger partial charge in [0.05, 0.1) is 5.41 Å². The highest BCUT2D eigenvalue weighted by Crippen LogP contribution is 2.57. The van der Waals surface area contributed by atoms with Crippen LogP contribution in [0.4, 0.5) is 0 Å². The Morgan fingerprint density at radius 3 is 1.21 bits per heavy atom. The first-order valence-corrected chi connectivity index (χ1v) is 17.5. The minimum atomic E-state index is -0.726. The van der Waals surface area contributed by atoms with Gasteiger partial charge < -0.3 is 18.9 Å². The summed E-state index contributed by atoms with van der Waals surface area (Å²) in [7, 11) is 0. The van der Waals surface area contributed by atoms with Gasteiger partial charge in [0.2, 0.25) is 0 Å².